The number of aliphatic hydroxyl groups excluding tert-OH is 1. The molecule has 3 nitrogen and oxygen atoms in total. The van der Waals surface area contributed by atoms with Crippen molar-refractivity contribution in [1.29, 1.82) is 0 Å². The number of aliphatic hydroxyl groups is 1. The predicted molar refractivity (Wildman–Crippen MR) is 71.0 cm³/mol. The van der Waals surface area contributed by atoms with E-state index in [4.69, 9.17) is 9.52 Å². The van der Waals surface area contributed by atoms with Crippen LogP contribution in [0.4, 0.5) is 0 Å². The summed E-state index contributed by atoms with van der Waals surface area (Å²) in [5, 5.41) is 12.3. The Morgan fingerprint density at radius 2 is 1.72 bits per heavy atom. The van der Waals surface area contributed by atoms with Crippen molar-refractivity contribution in [2.24, 2.45) is 0 Å². The van der Waals surface area contributed by atoms with Gasteiger partial charge in [0.25, 0.3) is 0 Å². The second-order valence-corrected chi connectivity index (χ2v) is 4.25. The Balaban J connectivity index is 1.88. The van der Waals surface area contributed by atoms with Gasteiger partial charge >= 0.3 is 0 Å². The zero-order chi connectivity index (χ0) is 12.8. The first-order valence-electron chi connectivity index (χ1n) is 6.29. The molecular formula is C15H19NO2. The maximum Gasteiger partial charge on any atom is 0.129 e. The lowest BCUT2D eigenvalue weighted by Gasteiger charge is -2.08. The van der Waals surface area contributed by atoms with Crippen LogP contribution >= 0.6 is 0 Å². The molecule has 18 heavy (non-hydrogen) atoms. The molecule has 2 aromatic rings. The van der Waals surface area contributed by atoms with Crippen LogP contribution in [0.2, 0.25) is 0 Å². The summed E-state index contributed by atoms with van der Waals surface area (Å²) in [6, 6.07) is 12.1. The molecule has 0 saturated heterocycles. The summed E-state index contributed by atoms with van der Waals surface area (Å²) >= 11 is 0. The van der Waals surface area contributed by atoms with E-state index in [2.05, 4.69) is 36.5 Å². The van der Waals surface area contributed by atoms with E-state index in [1.165, 1.54) is 11.1 Å². The van der Waals surface area contributed by atoms with E-state index in [1.54, 1.807) is 6.07 Å². The minimum absolute atomic E-state index is 0.0430. The Labute approximate surface area is 107 Å². The zero-order valence-electron chi connectivity index (χ0n) is 10.6. The highest BCUT2D eigenvalue weighted by atomic mass is 16.4. The van der Waals surface area contributed by atoms with Crippen LogP contribution < -0.4 is 5.32 Å². The highest BCUT2D eigenvalue weighted by molar-refractivity contribution is 5.26. The van der Waals surface area contributed by atoms with Gasteiger partial charge in [0.15, 0.2) is 0 Å². The van der Waals surface area contributed by atoms with Gasteiger partial charge in [0.2, 0.25) is 0 Å². The van der Waals surface area contributed by atoms with Crippen LogP contribution in [0.25, 0.3) is 0 Å². The molecule has 1 aromatic carbocycles. The average Bonchev–Trinajstić information content (AvgIpc) is 2.87. The van der Waals surface area contributed by atoms with Crippen molar-refractivity contribution in [1.82, 2.24) is 5.32 Å². The first-order valence-corrected chi connectivity index (χ1v) is 6.29. The molecule has 1 aromatic heterocycles. The molecule has 0 amide bonds. The normalized spacial score (nSPS) is 10.8. The Kier molecular flexibility index (Phi) is 4.56. The molecule has 2 rings (SSSR count). The van der Waals surface area contributed by atoms with Gasteiger partial charge < -0.3 is 14.8 Å². The van der Waals surface area contributed by atoms with E-state index < -0.39 is 0 Å². The second-order valence-electron chi connectivity index (χ2n) is 4.25. The van der Waals surface area contributed by atoms with Gasteiger partial charge in [-0.15, -0.1) is 0 Å². The first kappa shape index (κ1) is 12.9. The van der Waals surface area contributed by atoms with Crippen LogP contribution in [0.1, 0.15) is 29.6 Å². The molecule has 0 saturated carbocycles. The number of hydrogen-bond acceptors (Lipinski definition) is 3. The molecule has 0 bridgehead atoms. The van der Waals surface area contributed by atoms with Gasteiger partial charge in [-0.3, -0.25) is 0 Å². The minimum atomic E-state index is -0.0430. The molecule has 2 N–H and O–H groups in total. The van der Waals surface area contributed by atoms with Crippen LogP contribution in [0.5, 0.6) is 0 Å². The number of rotatable bonds is 6. The third-order valence-corrected chi connectivity index (χ3v) is 2.99. The van der Waals surface area contributed by atoms with Gasteiger partial charge in [0, 0.05) is 6.54 Å². The maximum absolute atomic E-state index is 8.91. The fourth-order valence-corrected chi connectivity index (χ4v) is 2.00. The molecule has 0 aliphatic heterocycles. The summed E-state index contributed by atoms with van der Waals surface area (Å²) in [7, 11) is 0. The third kappa shape index (κ3) is 3.22. The highest BCUT2D eigenvalue weighted by Crippen LogP contribution is 2.10. The molecule has 0 aliphatic rings. The van der Waals surface area contributed by atoms with Crippen LogP contribution in [0.3, 0.4) is 0 Å². The molecular weight excluding hydrogens is 226 g/mol. The fraction of sp³-hybridized carbons (Fsp3) is 0.333. The van der Waals surface area contributed by atoms with Crippen molar-refractivity contribution in [3.05, 3.63) is 59.0 Å². The van der Waals surface area contributed by atoms with E-state index in [0.29, 0.717) is 12.3 Å². The van der Waals surface area contributed by atoms with Crippen molar-refractivity contribution in [3.8, 4) is 0 Å². The summed E-state index contributed by atoms with van der Waals surface area (Å²) in [6.07, 6.45) is 1.05. The Morgan fingerprint density at radius 3 is 2.39 bits per heavy atom. The minimum Gasteiger partial charge on any atom is -0.462 e. The van der Waals surface area contributed by atoms with Gasteiger partial charge in [0.1, 0.15) is 18.1 Å². The number of aryl methyl sites for hydroxylation is 1. The first-order chi connectivity index (χ1) is 8.83. The van der Waals surface area contributed by atoms with Crippen molar-refractivity contribution in [2.75, 3.05) is 0 Å². The third-order valence-electron chi connectivity index (χ3n) is 2.99. The SMILES string of the molecule is CCc1ccccc1CNCc1ccc(CO)o1. The van der Waals surface area contributed by atoms with Gasteiger partial charge in [-0.05, 0) is 29.7 Å². The van der Waals surface area contributed by atoms with E-state index in [-0.39, 0.29) is 6.61 Å². The topological polar surface area (TPSA) is 45.4 Å². The molecule has 0 unspecified atom stereocenters. The Hall–Kier alpha value is -1.58. The molecule has 96 valence electrons. The number of furan rings is 1. The molecule has 3 heteroatoms. The Bertz CT molecular complexity index is 491. The molecule has 0 aliphatic carbocycles. The fourth-order valence-electron chi connectivity index (χ4n) is 2.00. The zero-order valence-corrected chi connectivity index (χ0v) is 10.6. The van der Waals surface area contributed by atoms with Crippen molar-refractivity contribution < 1.29 is 9.52 Å². The van der Waals surface area contributed by atoms with E-state index in [1.807, 2.05) is 6.07 Å². The van der Waals surface area contributed by atoms with Gasteiger partial charge in [-0.1, -0.05) is 31.2 Å². The molecule has 0 spiro atoms. The van der Waals surface area contributed by atoms with Gasteiger partial charge in [-0.25, -0.2) is 0 Å². The molecule has 0 fully saturated rings. The van der Waals surface area contributed by atoms with Crippen LogP contribution in [-0.4, -0.2) is 5.11 Å². The molecule has 0 atom stereocenters. The lowest BCUT2D eigenvalue weighted by atomic mass is 10.1. The largest absolute Gasteiger partial charge is 0.462 e. The summed E-state index contributed by atoms with van der Waals surface area (Å²) in [6.45, 7) is 3.63. The van der Waals surface area contributed by atoms with E-state index in [0.717, 1.165) is 18.7 Å². The standard InChI is InChI=1S/C15H19NO2/c1-2-12-5-3-4-6-13(12)9-16-10-14-7-8-15(11-17)18-14/h3-8,16-17H,2,9-11H2,1H3. The monoisotopic (exact) mass is 245 g/mol. The molecule has 0 radical (unpaired) electrons. The summed E-state index contributed by atoms with van der Waals surface area (Å²) < 4.78 is 5.41. The van der Waals surface area contributed by atoms with E-state index >= 15 is 0 Å². The van der Waals surface area contributed by atoms with Gasteiger partial charge in [-0.2, -0.15) is 0 Å². The molecule has 1 heterocycles. The van der Waals surface area contributed by atoms with Crippen LogP contribution in [-0.2, 0) is 26.1 Å². The van der Waals surface area contributed by atoms with Crippen LogP contribution in [0, 0.1) is 0 Å². The van der Waals surface area contributed by atoms with Gasteiger partial charge in [0.05, 0.1) is 6.54 Å². The number of hydrogen-bond donors (Lipinski definition) is 2. The summed E-state index contributed by atoms with van der Waals surface area (Å²) in [5.41, 5.74) is 2.70. The highest BCUT2D eigenvalue weighted by Gasteiger charge is 2.02. The van der Waals surface area contributed by atoms with Crippen molar-refractivity contribution >= 4 is 0 Å². The smallest absolute Gasteiger partial charge is 0.129 e. The quantitative estimate of drug-likeness (QED) is 0.822. The maximum atomic E-state index is 8.91. The average molecular weight is 245 g/mol. The van der Waals surface area contributed by atoms with Crippen molar-refractivity contribution in [3.63, 3.8) is 0 Å². The Morgan fingerprint density at radius 1 is 1.00 bits per heavy atom. The number of benzene rings is 1. The number of nitrogens with one attached hydrogen (secondary N) is 1. The van der Waals surface area contributed by atoms with Crippen LogP contribution in [0.15, 0.2) is 40.8 Å². The lowest BCUT2D eigenvalue weighted by molar-refractivity contribution is 0.242. The predicted octanol–water partition coefficient (Wildman–Crippen LogP) is 2.62. The lowest BCUT2D eigenvalue weighted by Crippen LogP contribution is -2.13. The second kappa shape index (κ2) is 6.38. The van der Waals surface area contributed by atoms with Crippen molar-refractivity contribution in [2.45, 2.75) is 33.0 Å². The summed E-state index contributed by atoms with van der Waals surface area (Å²) in [5.74, 6) is 1.47. The summed E-state index contributed by atoms with van der Waals surface area (Å²) in [4.78, 5) is 0. The van der Waals surface area contributed by atoms with E-state index in [9.17, 15) is 0 Å².